The quantitative estimate of drug-likeness (QED) is 0.687. The van der Waals surface area contributed by atoms with Gasteiger partial charge in [0.05, 0.1) is 5.60 Å². The fourth-order valence-corrected chi connectivity index (χ4v) is 2.11. The second-order valence-electron chi connectivity index (χ2n) is 4.54. The molecule has 2 fully saturated rings. The first kappa shape index (κ1) is 8.52. The minimum Gasteiger partial charge on any atom is -0.387 e. The molecule has 0 radical (unpaired) electrons. The van der Waals surface area contributed by atoms with Gasteiger partial charge in [0.15, 0.2) is 0 Å². The van der Waals surface area contributed by atoms with Gasteiger partial charge in [0.1, 0.15) is 0 Å². The van der Waals surface area contributed by atoms with Gasteiger partial charge in [-0.2, -0.15) is 0 Å². The van der Waals surface area contributed by atoms with E-state index in [0.29, 0.717) is 12.0 Å². The lowest BCUT2D eigenvalue weighted by atomic mass is 9.87. The fourth-order valence-electron chi connectivity index (χ4n) is 2.11. The lowest BCUT2D eigenvalue weighted by Crippen LogP contribution is -2.65. The van der Waals surface area contributed by atoms with Crippen molar-refractivity contribution in [2.24, 2.45) is 5.92 Å². The molecule has 1 N–H and O–H groups in total. The molecule has 12 heavy (non-hydrogen) atoms. The predicted molar refractivity (Wildman–Crippen MR) is 49.0 cm³/mol. The molecule has 2 heteroatoms. The van der Waals surface area contributed by atoms with E-state index in [1.165, 1.54) is 19.3 Å². The zero-order chi connectivity index (χ0) is 8.77. The molecule has 0 aromatic heterocycles. The Morgan fingerprint density at radius 2 is 2.08 bits per heavy atom. The maximum absolute atomic E-state index is 10.0. The number of aliphatic hydroxyl groups is 1. The van der Waals surface area contributed by atoms with Gasteiger partial charge in [-0.05, 0) is 32.1 Å². The molecule has 70 valence electrons. The third kappa shape index (κ3) is 1.27. The highest BCUT2D eigenvalue weighted by atomic mass is 16.3. The zero-order valence-corrected chi connectivity index (χ0v) is 8.08. The zero-order valence-electron chi connectivity index (χ0n) is 8.08. The number of hydrogen-bond donors (Lipinski definition) is 1. The highest BCUT2D eigenvalue weighted by molar-refractivity contribution is 5.06. The monoisotopic (exact) mass is 169 g/mol. The highest BCUT2D eigenvalue weighted by Gasteiger charge is 2.52. The molecule has 0 aromatic rings. The van der Waals surface area contributed by atoms with Gasteiger partial charge in [-0.25, -0.2) is 0 Å². The summed E-state index contributed by atoms with van der Waals surface area (Å²) in [5.41, 5.74) is -0.288. The van der Waals surface area contributed by atoms with E-state index in [9.17, 15) is 5.11 Å². The average molecular weight is 169 g/mol. The molecule has 0 bridgehead atoms. The maximum Gasteiger partial charge on any atom is 0.0928 e. The van der Waals surface area contributed by atoms with Gasteiger partial charge in [0.25, 0.3) is 0 Å². The molecule has 1 saturated heterocycles. The van der Waals surface area contributed by atoms with Crippen LogP contribution in [0.3, 0.4) is 0 Å². The molecule has 1 aliphatic carbocycles. The van der Waals surface area contributed by atoms with Crippen molar-refractivity contribution in [3.63, 3.8) is 0 Å². The Labute approximate surface area is 74.6 Å². The molecule has 1 aliphatic heterocycles. The molecular weight excluding hydrogens is 150 g/mol. The van der Waals surface area contributed by atoms with E-state index in [1.807, 2.05) is 0 Å². The maximum atomic E-state index is 10.0. The summed E-state index contributed by atoms with van der Waals surface area (Å²) in [4.78, 5) is 2.39. The van der Waals surface area contributed by atoms with Gasteiger partial charge in [-0.1, -0.05) is 6.92 Å². The Bertz CT molecular complexity index is 171. The molecular formula is C10H19NO. The van der Waals surface area contributed by atoms with Crippen molar-refractivity contribution in [2.75, 3.05) is 13.1 Å². The van der Waals surface area contributed by atoms with Gasteiger partial charge < -0.3 is 5.11 Å². The molecule has 0 spiro atoms. The first-order valence-corrected chi connectivity index (χ1v) is 5.12. The summed E-state index contributed by atoms with van der Waals surface area (Å²) in [5, 5.41) is 10.0. The summed E-state index contributed by atoms with van der Waals surface area (Å²) in [6.45, 7) is 6.30. The van der Waals surface area contributed by atoms with Crippen LogP contribution in [0.2, 0.25) is 0 Å². The van der Waals surface area contributed by atoms with E-state index >= 15 is 0 Å². The van der Waals surface area contributed by atoms with Crippen LogP contribution >= 0.6 is 0 Å². The minimum atomic E-state index is -0.288. The minimum absolute atomic E-state index is 0.288. The van der Waals surface area contributed by atoms with Crippen LogP contribution in [0.4, 0.5) is 0 Å². The predicted octanol–water partition coefficient (Wildman–Crippen LogP) is 1.24. The first-order chi connectivity index (χ1) is 5.65. The lowest BCUT2D eigenvalue weighted by Gasteiger charge is -2.49. The molecule has 1 unspecified atom stereocenters. The van der Waals surface area contributed by atoms with Gasteiger partial charge in [-0.3, -0.25) is 4.90 Å². The molecule has 0 amide bonds. The summed E-state index contributed by atoms with van der Waals surface area (Å²) in [7, 11) is 0. The molecule has 2 nitrogen and oxygen atoms in total. The highest BCUT2D eigenvalue weighted by Crippen LogP contribution is 2.45. The van der Waals surface area contributed by atoms with Crippen LogP contribution in [-0.2, 0) is 0 Å². The second-order valence-corrected chi connectivity index (χ2v) is 4.54. The largest absolute Gasteiger partial charge is 0.387 e. The summed E-state index contributed by atoms with van der Waals surface area (Å²) in [6.07, 6.45) is 3.70. The third-order valence-electron chi connectivity index (χ3n) is 3.51. The van der Waals surface area contributed by atoms with E-state index < -0.39 is 0 Å². The van der Waals surface area contributed by atoms with Crippen LogP contribution in [0.1, 0.15) is 33.1 Å². The number of β-amino-alcohol motifs (C(OH)–C–C–N with tert-alkyl or cyclic N) is 1. The number of rotatable bonds is 3. The molecule has 2 rings (SSSR count). The van der Waals surface area contributed by atoms with E-state index in [1.54, 1.807) is 0 Å². The van der Waals surface area contributed by atoms with E-state index in [4.69, 9.17) is 0 Å². The smallest absolute Gasteiger partial charge is 0.0928 e. The topological polar surface area (TPSA) is 23.5 Å². The Morgan fingerprint density at radius 1 is 1.50 bits per heavy atom. The van der Waals surface area contributed by atoms with Crippen molar-refractivity contribution in [1.82, 2.24) is 4.90 Å². The summed E-state index contributed by atoms with van der Waals surface area (Å²) in [6, 6.07) is 0.657. The van der Waals surface area contributed by atoms with Gasteiger partial charge in [-0.15, -0.1) is 0 Å². The van der Waals surface area contributed by atoms with Crippen molar-refractivity contribution < 1.29 is 5.11 Å². The molecule has 2 aliphatic rings. The summed E-state index contributed by atoms with van der Waals surface area (Å²) < 4.78 is 0. The van der Waals surface area contributed by atoms with Crippen molar-refractivity contribution >= 4 is 0 Å². The van der Waals surface area contributed by atoms with Crippen LogP contribution < -0.4 is 0 Å². The van der Waals surface area contributed by atoms with E-state index in [-0.39, 0.29) is 5.60 Å². The van der Waals surface area contributed by atoms with Gasteiger partial charge >= 0.3 is 0 Å². The Hall–Kier alpha value is -0.0800. The SMILES string of the molecule is CCC(C)N1CC(O)(C2CC2)C1. The van der Waals surface area contributed by atoms with Crippen LogP contribution in [0.5, 0.6) is 0 Å². The summed E-state index contributed by atoms with van der Waals surface area (Å²) in [5.74, 6) is 0.637. The van der Waals surface area contributed by atoms with Crippen LogP contribution in [-0.4, -0.2) is 34.7 Å². The van der Waals surface area contributed by atoms with Crippen molar-refractivity contribution in [3.05, 3.63) is 0 Å². The number of nitrogens with zero attached hydrogens (tertiary/aromatic N) is 1. The molecule has 1 saturated carbocycles. The van der Waals surface area contributed by atoms with Crippen molar-refractivity contribution in [1.29, 1.82) is 0 Å². The third-order valence-corrected chi connectivity index (χ3v) is 3.51. The Kier molecular flexibility index (Phi) is 1.92. The standard InChI is InChI=1S/C10H19NO/c1-3-8(2)11-6-10(12,7-11)9-4-5-9/h8-9,12H,3-7H2,1-2H3. The Morgan fingerprint density at radius 3 is 2.50 bits per heavy atom. The van der Waals surface area contributed by atoms with Crippen LogP contribution in [0.25, 0.3) is 0 Å². The average Bonchev–Trinajstić information content (AvgIpc) is 2.79. The first-order valence-electron chi connectivity index (χ1n) is 5.12. The molecule has 1 heterocycles. The second kappa shape index (κ2) is 2.71. The fraction of sp³-hybridized carbons (Fsp3) is 1.00. The van der Waals surface area contributed by atoms with E-state index in [0.717, 1.165) is 13.1 Å². The van der Waals surface area contributed by atoms with Crippen LogP contribution in [0, 0.1) is 5.92 Å². The normalized spacial score (nSPS) is 31.2. The van der Waals surface area contributed by atoms with E-state index in [2.05, 4.69) is 18.7 Å². The van der Waals surface area contributed by atoms with Crippen molar-refractivity contribution in [3.8, 4) is 0 Å². The van der Waals surface area contributed by atoms with Gasteiger partial charge in [0, 0.05) is 19.1 Å². The number of hydrogen-bond acceptors (Lipinski definition) is 2. The lowest BCUT2D eigenvalue weighted by molar-refractivity contribution is -0.127. The van der Waals surface area contributed by atoms with Crippen LogP contribution in [0.15, 0.2) is 0 Å². The molecule has 1 atom stereocenters. The van der Waals surface area contributed by atoms with Gasteiger partial charge in [0.2, 0.25) is 0 Å². The number of likely N-dealkylation sites (tertiary alicyclic amines) is 1. The molecule has 0 aromatic carbocycles. The summed E-state index contributed by atoms with van der Waals surface area (Å²) >= 11 is 0. The Balaban J connectivity index is 1.81. The van der Waals surface area contributed by atoms with Crippen molar-refractivity contribution in [2.45, 2.75) is 44.8 Å².